The number of nitrogens with zero attached hydrogens (tertiary/aromatic N) is 2. The molecule has 0 bridgehead atoms. The SMILES string of the molecule is COCCN1CCC[C@]2(CCN(Cc3cc(F)ccc3F)C2)C1=O. The predicted octanol–water partition coefficient (Wildman–Crippen LogP) is 2.43. The lowest BCUT2D eigenvalue weighted by Crippen LogP contribution is -2.50. The highest BCUT2D eigenvalue weighted by Crippen LogP contribution is 2.40. The van der Waals surface area contributed by atoms with Crippen molar-refractivity contribution in [3.05, 3.63) is 35.4 Å². The zero-order chi connectivity index (χ0) is 17.2. The van der Waals surface area contributed by atoms with Gasteiger partial charge in [0.25, 0.3) is 0 Å². The highest BCUT2D eigenvalue weighted by atomic mass is 19.1. The van der Waals surface area contributed by atoms with Gasteiger partial charge in [-0.1, -0.05) is 0 Å². The largest absolute Gasteiger partial charge is 0.383 e. The summed E-state index contributed by atoms with van der Waals surface area (Å²) in [5, 5.41) is 0. The summed E-state index contributed by atoms with van der Waals surface area (Å²) in [5.41, 5.74) is -0.0120. The average Bonchev–Trinajstić information content (AvgIpc) is 2.96. The molecule has 6 heteroatoms. The molecule has 1 aromatic carbocycles. The van der Waals surface area contributed by atoms with Gasteiger partial charge in [-0.3, -0.25) is 9.69 Å². The van der Waals surface area contributed by atoms with Crippen LogP contribution in [0.1, 0.15) is 24.8 Å². The monoisotopic (exact) mass is 338 g/mol. The van der Waals surface area contributed by atoms with Crippen molar-refractivity contribution in [2.24, 2.45) is 5.41 Å². The van der Waals surface area contributed by atoms with Crippen molar-refractivity contribution in [1.29, 1.82) is 0 Å². The number of carbonyl (C=O) groups excluding carboxylic acids is 1. The molecule has 2 aliphatic heterocycles. The van der Waals surface area contributed by atoms with Crippen molar-refractivity contribution in [3.8, 4) is 0 Å². The Labute approximate surface area is 141 Å². The second-order valence-electron chi connectivity index (χ2n) is 6.87. The molecule has 3 rings (SSSR count). The van der Waals surface area contributed by atoms with Gasteiger partial charge in [0.15, 0.2) is 0 Å². The van der Waals surface area contributed by atoms with Gasteiger partial charge in [-0.25, -0.2) is 8.78 Å². The number of rotatable bonds is 5. The normalized spacial score (nSPS) is 25.0. The number of benzene rings is 1. The van der Waals surface area contributed by atoms with Gasteiger partial charge in [-0.05, 0) is 44.0 Å². The fourth-order valence-corrected chi connectivity index (χ4v) is 3.94. The number of ether oxygens (including phenoxy) is 1. The van der Waals surface area contributed by atoms with Crippen molar-refractivity contribution in [3.63, 3.8) is 0 Å². The van der Waals surface area contributed by atoms with Crippen LogP contribution in [-0.2, 0) is 16.1 Å². The summed E-state index contributed by atoms with van der Waals surface area (Å²) in [6, 6.07) is 3.53. The van der Waals surface area contributed by atoms with Crippen LogP contribution in [0, 0.1) is 17.0 Å². The lowest BCUT2D eigenvalue weighted by atomic mass is 9.78. The van der Waals surface area contributed by atoms with Gasteiger partial charge >= 0.3 is 0 Å². The van der Waals surface area contributed by atoms with Crippen LogP contribution in [0.2, 0.25) is 0 Å². The number of methoxy groups -OCH3 is 1. The molecule has 2 saturated heterocycles. The second-order valence-corrected chi connectivity index (χ2v) is 6.87. The summed E-state index contributed by atoms with van der Waals surface area (Å²) in [4.78, 5) is 16.8. The minimum atomic E-state index is -0.431. The molecule has 0 unspecified atom stereocenters. The summed E-state index contributed by atoms with van der Waals surface area (Å²) < 4.78 is 32.3. The number of halogens is 2. The Hall–Kier alpha value is -1.53. The van der Waals surface area contributed by atoms with Gasteiger partial charge in [0.05, 0.1) is 12.0 Å². The maximum Gasteiger partial charge on any atom is 0.230 e. The maximum absolute atomic E-state index is 13.9. The molecule has 1 amide bonds. The van der Waals surface area contributed by atoms with Crippen molar-refractivity contribution < 1.29 is 18.3 Å². The number of amides is 1. The first-order valence-electron chi connectivity index (χ1n) is 8.49. The third-order valence-corrected chi connectivity index (χ3v) is 5.22. The number of hydrogen-bond acceptors (Lipinski definition) is 3. The lowest BCUT2D eigenvalue weighted by Gasteiger charge is -2.39. The third kappa shape index (κ3) is 3.44. The van der Waals surface area contributed by atoms with Gasteiger partial charge in [0.2, 0.25) is 5.91 Å². The Morgan fingerprint density at radius 3 is 2.88 bits per heavy atom. The average molecular weight is 338 g/mol. The predicted molar refractivity (Wildman–Crippen MR) is 86.4 cm³/mol. The van der Waals surface area contributed by atoms with Crippen molar-refractivity contribution in [2.75, 3.05) is 39.9 Å². The standard InChI is InChI=1S/C18H24F2N2O2/c1-24-10-9-22-7-2-5-18(17(22)23)6-8-21(13-18)12-14-11-15(19)3-4-16(14)20/h3-4,11H,2,5-10,12-13H2,1H3/t18-/m1/s1. The topological polar surface area (TPSA) is 32.8 Å². The molecule has 4 nitrogen and oxygen atoms in total. The molecular formula is C18H24F2N2O2. The van der Waals surface area contributed by atoms with Crippen LogP contribution in [0.25, 0.3) is 0 Å². The molecule has 2 aliphatic rings. The molecule has 1 aromatic rings. The van der Waals surface area contributed by atoms with Gasteiger partial charge in [0, 0.05) is 38.9 Å². The minimum absolute atomic E-state index is 0.188. The van der Waals surface area contributed by atoms with Crippen molar-refractivity contribution >= 4 is 5.91 Å². The van der Waals surface area contributed by atoms with E-state index in [0.29, 0.717) is 31.8 Å². The van der Waals surface area contributed by atoms with Crippen LogP contribution >= 0.6 is 0 Å². The van der Waals surface area contributed by atoms with Crippen LogP contribution in [-0.4, -0.2) is 55.6 Å². The number of hydrogen-bond donors (Lipinski definition) is 0. The zero-order valence-electron chi connectivity index (χ0n) is 14.1. The summed E-state index contributed by atoms with van der Waals surface area (Å²) in [6.45, 7) is 3.64. The molecule has 1 atom stereocenters. The minimum Gasteiger partial charge on any atom is -0.383 e. The number of carbonyl (C=O) groups is 1. The van der Waals surface area contributed by atoms with Crippen molar-refractivity contribution in [1.82, 2.24) is 9.80 Å². The van der Waals surface area contributed by atoms with Gasteiger partial charge in [-0.15, -0.1) is 0 Å². The molecule has 24 heavy (non-hydrogen) atoms. The quantitative estimate of drug-likeness (QED) is 0.827. The number of piperidine rings is 1. The van der Waals surface area contributed by atoms with E-state index >= 15 is 0 Å². The van der Waals surface area contributed by atoms with Crippen molar-refractivity contribution in [2.45, 2.75) is 25.8 Å². The first-order valence-corrected chi connectivity index (χ1v) is 8.49. The number of likely N-dealkylation sites (tertiary alicyclic amines) is 2. The molecule has 132 valence electrons. The van der Waals surface area contributed by atoms with Crippen LogP contribution in [0.4, 0.5) is 8.78 Å². The van der Waals surface area contributed by atoms with Crippen LogP contribution in [0.3, 0.4) is 0 Å². The Balaban J connectivity index is 1.67. The van der Waals surface area contributed by atoms with E-state index in [1.807, 2.05) is 4.90 Å². The highest BCUT2D eigenvalue weighted by molar-refractivity contribution is 5.84. The molecule has 0 radical (unpaired) electrons. The molecule has 1 spiro atoms. The summed E-state index contributed by atoms with van der Waals surface area (Å²) in [7, 11) is 1.63. The van der Waals surface area contributed by atoms with Gasteiger partial charge < -0.3 is 9.64 Å². The maximum atomic E-state index is 13.9. The molecular weight excluding hydrogens is 314 g/mol. The van der Waals surface area contributed by atoms with E-state index in [2.05, 4.69) is 4.90 Å². The summed E-state index contributed by atoms with van der Waals surface area (Å²) in [5.74, 6) is -0.637. The lowest BCUT2D eigenvalue weighted by molar-refractivity contribution is -0.146. The van der Waals surface area contributed by atoms with E-state index < -0.39 is 11.6 Å². The second kappa shape index (κ2) is 7.15. The van der Waals surface area contributed by atoms with E-state index in [4.69, 9.17) is 4.74 Å². The molecule has 2 fully saturated rings. The van der Waals surface area contributed by atoms with E-state index in [0.717, 1.165) is 44.5 Å². The molecule has 0 N–H and O–H groups in total. The van der Waals surface area contributed by atoms with E-state index in [1.165, 1.54) is 6.07 Å². The Morgan fingerprint density at radius 1 is 1.25 bits per heavy atom. The van der Waals surface area contributed by atoms with Gasteiger partial charge in [-0.2, -0.15) is 0 Å². The first-order chi connectivity index (χ1) is 11.5. The highest BCUT2D eigenvalue weighted by Gasteiger charge is 2.48. The summed E-state index contributed by atoms with van der Waals surface area (Å²) >= 11 is 0. The van der Waals surface area contributed by atoms with Crippen LogP contribution < -0.4 is 0 Å². The van der Waals surface area contributed by atoms with Crippen LogP contribution in [0.15, 0.2) is 18.2 Å². The fraction of sp³-hybridized carbons (Fsp3) is 0.611. The molecule has 0 aliphatic carbocycles. The first kappa shape index (κ1) is 17.3. The smallest absolute Gasteiger partial charge is 0.230 e. The Kier molecular flexibility index (Phi) is 5.15. The fourth-order valence-electron chi connectivity index (χ4n) is 3.94. The van der Waals surface area contributed by atoms with Crippen LogP contribution in [0.5, 0.6) is 0 Å². The molecule has 0 saturated carbocycles. The molecule has 0 aromatic heterocycles. The Bertz CT molecular complexity index is 611. The summed E-state index contributed by atoms with van der Waals surface area (Å²) in [6.07, 6.45) is 2.64. The van der Waals surface area contributed by atoms with Gasteiger partial charge in [0.1, 0.15) is 11.6 Å². The molecule has 2 heterocycles. The zero-order valence-corrected chi connectivity index (χ0v) is 14.1. The van der Waals surface area contributed by atoms with E-state index in [9.17, 15) is 13.6 Å². The van der Waals surface area contributed by atoms with E-state index in [-0.39, 0.29) is 11.3 Å². The third-order valence-electron chi connectivity index (χ3n) is 5.22. The Morgan fingerprint density at radius 2 is 2.08 bits per heavy atom. The van der Waals surface area contributed by atoms with E-state index in [1.54, 1.807) is 7.11 Å².